The van der Waals surface area contributed by atoms with Crippen LogP contribution in [0.4, 0.5) is 0 Å². The molecule has 0 heteroatoms. The second kappa shape index (κ2) is 16.4. The van der Waals surface area contributed by atoms with Gasteiger partial charge in [-0.2, -0.15) is 0 Å². The third kappa shape index (κ3) is 14.4. The maximum Gasteiger partial charge on any atom is -0.0395 e. The molecule has 0 saturated carbocycles. The minimum absolute atomic E-state index is 1.25. The summed E-state index contributed by atoms with van der Waals surface area (Å²) in [6, 6.07) is 20.4. The first-order valence-corrected chi connectivity index (χ1v) is 7.24. The summed E-state index contributed by atoms with van der Waals surface area (Å²) in [5.74, 6) is 0. The Labute approximate surface area is 120 Å². The van der Waals surface area contributed by atoms with Gasteiger partial charge in [0.1, 0.15) is 0 Å². The standard InChI is InChI=1S/C8H10.C6H6.C3H8.C2H6/c1-7-5-3-4-6-8(7)2;1-2-4-6-5-3-1;1-3-2;1-2/h3-6H,1-2H3;1-6H;3H2,1-2H3;1-2H3. The summed E-state index contributed by atoms with van der Waals surface area (Å²) in [7, 11) is 0. The Morgan fingerprint density at radius 1 is 0.579 bits per heavy atom. The van der Waals surface area contributed by atoms with Crippen molar-refractivity contribution in [2.24, 2.45) is 0 Å². The first kappa shape index (κ1) is 19.8. The molecule has 0 aliphatic rings. The number of rotatable bonds is 0. The van der Waals surface area contributed by atoms with E-state index >= 15 is 0 Å². The van der Waals surface area contributed by atoms with Gasteiger partial charge in [0.25, 0.3) is 0 Å². The first-order chi connectivity index (χ1) is 9.22. The van der Waals surface area contributed by atoms with Crippen LogP contribution in [0.2, 0.25) is 0 Å². The lowest BCUT2D eigenvalue weighted by Crippen LogP contribution is -1.74. The van der Waals surface area contributed by atoms with Crippen molar-refractivity contribution >= 4 is 0 Å². The van der Waals surface area contributed by atoms with Gasteiger partial charge in [-0.3, -0.25) is 0 Å². The van der Waals surface area contributed by atoms with Crippen LogP contribution in [0.1, 0.15) is 45.2 Å². The van der Waals surface area contributed by atoms with Gasteiger partial charge in [0.2, 0.25) is 0 Å². The van der Waals surface area contributed by atoms with Crippen molar-refractivity contribution in [3.8, 4) is 0 Å². The molecular weight excluding hydrogens is 228 g/mol. The lowest BCUT2D eigenvalue weighted by Gasteiger charge is -1.93. The Balaban J connectivity index is 0. The lowest BCUT2D eigenvalue weighted by molar-refractivity contribution is 1.09. The number of aryl methyl sites for hydroxylation is 2. The van der Waals surface area contributed by atoms with Crippen molar-refractivity contribution in [1.82, 2.24) is 0 Å². The molecule has 0 aliphatic carbocycles. The average Bonchev–Trinajstić information content (AvgIpc) is 2.48. The molecule has 0 aromatic heterocycles. The van der Waals surface area contributed by atoms with E-state index in [9.17, 15) is 0 Å². The van der Waals surface area contributed by atoms with Crippen LogP contribution in [0.15, 0.2) is 60.7 Å². The van der Waals surface area contributed by atoms with Crippen LogP contribution in [0.3, 0.4) is 0 Å². The largest absolute Gasteiger partial charge is 0.0683 e. The molecule has 0 bridgehead atoms. The molecule has 0 heterocycles. The van der Waals surface area contributed by atoms with Gasteiger partial charge in [-0.15, -0.1) is 0 Å². The third-order valence-electron chi connectivity index (χ3n) is 2.09. The van der Waals surface area contributed by atoms with Crippen molar-refractivity contribution in [3.05, 3.63) is 71.8 Å². The summed E-state index contributed by atoms with van der Waals surface area (Å²) in [4.78, 5) is 0. The molecule has 0 fully saturated rings. The predicted molar refractivity (Wildman–Crippen MR) is 89.7 cm³/mol. The highest BCUT2D eigenvalue weighted by atomic mass is 13.9. The zero-order valence-electron chi connectivity index (χ0n) is 13.5. The van der Waals surface area contributed by atoms with Crippen molar-refractivity contribution in [2.45, 2.75) is 48.0 Å². The minimum atomic E-state index is 1.25. The van der Waals surface area contributed by atoms with Crippen molar-refractivity contribution in [2.75, 3.05) is 0 Å². The fourth-order valence-electron chi connectivity index (χ4n) is 1.05. The van der Waals surface area contributed by atoms with Crippen LogP contribution in [0.25, 0.3) is 0 Å². The van der Waals surface area contributed by atoms with Gasteiger partial charge in [-0.25, -0.2) is 0 Å². The monoisotopic (exact) mass is 258 g/mol. The molecule has 0 N–H and O–H groups in total. The summed E-state index contributed by atoms with van der Waals surface area (Å²) >= 11 is 0. The van der Waals surface area contributed by atoms with Gasteiger partial charge in [0, 0.05) is 0 Å². The second-order valence-electron chi connectivity index (χ2n) is 3.95. The Bertz CT molecular complexity index is 315. The van der Waals surface area contributed by atoms with E-state index < -0.39 is 0 Å². The van der Waals surface area contributed by atoms with E-state index in [1.807, 2.05) is 50.2 Å². The Kier molecular flexibility index (Phi) is 17.1. The third-order valence-corrected chi connectivity index (χ3v) is 2.09. The van der Waals surface area contributed by atoms with E-state index in [1.54, 1.807) is 0 Å². The highest BCUT2D eigenvalue weighted by Gasteiger charge is 1.83. The van der Waals surface area contributed by atoms with E-state index in [0.717, 1.165) is 0 Å². The number of hydrogen-bond donors (Lipinski definition) is 0. The Hall–Kier alpha value is -1.56. The molecule has 106 valence electrons. The molecule has 0 amide bonds. The van der Waals surface area contributed by atoms with Crippen molar-refractivity contribution in [1.29, 1.82) is 0 Å². The summed E-state index contributed by atoms with van der Waals surface area (Å²) < 4.78 is 0. The molecule has 0 spiro atoms. The van der Waals surface area contributed by atoms with Gasteiger partial charge in [0.15, 0.2) is 0 Å². The molecule has 2 aromatic rings. The fourth-order valence-corrected chi connectivity index (χ4v) is 1.05. The van der Waals surface area contributed by atoms with Crippen LogP contribution < -0.4 is 0 Å². The first-order valence-electron chi connectivity index (χ1n) is 7.24. The Morgan fingerprint density at radius 3 is 0.947 bits per heavy atom. The predicted octanol–water partition coefficient (Wildman–Crippen LogP) is 6.43. The van der Waals surface area contributed by atoms with Crippen LogP contribution in [0, 0.1) is 13.8 Å². The molecule has 0 aliphatic heterocycles. The van der Waals surface area contributed by atoms with Crippen molar-refractivity contribution in [3.63, 3.8) is 0 Å². The maximum absolute atomic E-state index is 2.12. The van der Waals surface area contributed by atoms with Gasteiger partial charge < -0.3 is 0 Å². The smallest absolute Gasteiger partial charge is 0.0395 e. The van der Waals surface area contributed by atoms with Crippen LogP contribution in [-0.2, 0) is 0 Å². The van der Waals surface area contributed by atoms with E-state index in [1.165, 1.54) is 17.5 Å². The summed E-state index contributed by atoms with van der Waals surface area (Å²) in [5.41, 5.74) is 2.74. The van der Waals surface area contributed by atoms with E-state index in [2.05, 4.69) is 52.0 Å². The molecule has 0 radical (unpaired) electrons. The minimum Gasteiger partial charge on any atom is -0.0683 e. The zero-order valence-corrected chi connectivity index (χ0v) is 13.5. The quantitative estimate of drug-likeness (QED) is 0.510. The molecule has 0 saturated heterocycles. The van der Waals surface area contributed by atoms with Gasteiger partial charge in [-0.1, -0.05) is 94.8 Å². The average molecular weight is 258 g/mol. The Morgan fingerprint density at radius 2 is 0.789 bits per heavy atom. The topological polar surface area (TPSA) is 0 Å². The summed E-state index contributed by atoms with van der Waals surface area (Å²) in [5, 5.41) is 0. The van der Waals surface area contributed by atoms with Crippen LogP contribution in [0.5, 0.6) is 0 Å². The maximum atomic E-state index is 2.12. The van der Waals surface area contributed by atoms with E-state index in [-0.39, 0.29) is 0 Å². The zero-order chi connectivity index (χ0) is 14.9. The fraction of sp³-hybridized carbons (Fsp3) is 0.368. The summed E-state index contributed by atoms with van der Waals surface area (Å²) in [6.07, 6.45) is 1.25. The highest BCUT2D eigenvalue weighted by molar-refractivity contribution is 5.23. The van der Waals surface area contributed by atoms with Gasteiger partial charge >= 0.3 is 0 Å². The second-order valence-corrected chi connectivity index (χ2v) is 3.95. The van der Waals surface area contributed by atoms with Crippen molar-refractivity contribution < 1.29 is 0 Å². The van der Waals surface area contributed by atoms with Crippen LogP contribution >= 0.6 is 0 Å². The van der Waals surface area contributed by atoms with E-state index in [4.69, 9.17) is 0 Å². The molecule has 2 aromatic carbocycles. The number of hydrogen-bond acceptors (Lipinski definition) is 0. The normalized spacial score (nSPS) is 7.68. The molecule has 2 rings (SSSR count). The van der Waals surface area contributed by atoms with E-state index in [0.29, 0.717) is 0 Å². The molecule has 19 heavy (non-hydrogen) atoms. The van der Waals surface area contributed by atoms with Crippen LogP contribution in [-0.4, -0.2) is 0 Å². The van der Waals surface area contributed by atoms with Gasteiger partial charge in [-0.05, 0) is 25.0 Å². The molecule has 0 unspecified atom stereocenters. The van der Waals surface area contributed by atoms with Gasteiger partial charge in [0.05, 0.1) is 0 Å². The molecule has 0 nitrogen and oxygen atoms in total. The molecular formula is C19H30. The number of benzene rings is 2. The lowest BCUT2D eigenvalue weighted by atomic mass is 10.1. The SMILES string of the molecule is CC.CCC.Cc1ccccc1C.c1ccccc1. The highest BCUT2D eigenvalue weighted by Crippen LogP contribution is 2.02. The molecule has 0 atom stereocenters. The summed E-state index contributed by atoms with van der Waals surface area (Å²) in [6.45, 7) is 12.5.